The monoisotopic (exact) mass is 401 g/mol. The number of piperidine rings is 1. The number of hydrogen-bond acceptors (Lipinski definition) is 7. The molecule has 1 spiro atoms. The van der Waals surface area contributed by atoms with E-state index in [9.17, 15) is 9.59 Å². The lowest BCUT2D eigenvalue weighted by atomic mass is 9.82. The van der Waals surface area contributed by atoms with E-state index in [1.165, 1.54) is 0 Å². The smallest absolute Gasteiger partial charge is 0.358 e. The van der Waals surface area contributed by atoms with Gasteiger partial charge in [-0.05, 0) is 37.3 Å². The Kier molecular flexibility index (Phi) is 4.93. The normalized spacial score (nSPS) is 17.8. The van der Waals surface area contributed by atoms with Gasteiger partial charge in [0.25, 0.3) is 0 Å². The molecule has 0 aliphatic carbocycles. The number of Topliss-reactive ketones (excluding diaryl/α,β-unsaturated/α-hetero) is 1. The number of carbonyl (C=O) groups excluding carboxylic acids is 2. The van der Waals surface area contributed by atoms with Crippen molar-refractivity contribution >= 4 is 29.2 Å². The van der Waals surface area contributed by atoms with Gasteiger partial charge in [-0.1, -0.05) is 11.6 Å². The quantitative estimate of drug-likeness (QED) is 0.729. The molecule has 1 fully saturated rings. The molecule has 28 heavy (non-hydrogen) atoms. The Balaban J connectivity index is 1.44. The van der Waals surface area contributed by atoms with Gasteiger partial charge < -0.3 is 14.4 Å². The SMILES string of the molecule is CCOC(=O)c1ccc(N2CCC3(CC2)CC(=O)c2cc(Cl)ccc2O3)nn1. The Morgan fingerprint density at radius 3 is 2.71 bits per heavy atom. The van der Waals surface area contributed by atoms with Crippen LogP contribution in [0.1, 0.15) is 47.0 Å². The molecule has 4 rings (SSSR count). The molecule has 2 aromatic rings. The maximum absolute atomic E-state index is 12.6. The van der Waals surface area contributed by atoms with Crippen LogP contribution in [0.25, 0.3) is 0 Å². The van der Waals surface area contributed by atoms with Crippen LogP contribution in [0.15, 0.2) is 30.3 Å². The summed E-state index contributed by atoms with van der Waals surface area (Å²) >= 11 is 6.00. The van der Waals surface area contributed by atoms with Crippen LogP contribution < -0.4 is 9.64 Å². The number of hydrogen-bond donors (Lipinski definition) is 0. The third-order valence-corrected chi connectivity index (χ3v) is 5.42. The second-order valence-electron chi connectivity index (χ2n) is 7.01. The first-order valence-electron chi connectivity index (χ1n) is 9.27. The van der Waals surface area contributed by atoms with E-state index in [1.807, 2.05) is 0 Å². The number of carbonyl (C=O) groups is 2. The highest BCUT2D eigenvalue weighted by molar-refractivity contribution is 6.31. The number of halogens is 1. The number of esters is 1. The maximum atomic E-state index is 12.6. The highest BCUT2D eigenvalue weighted by atomic mass is 35.5. The Morgan fingerprint density at radius 2 is 2.04 bits per heavy atom. The standard InChI is InChI=1S/C20H20ClN3O4/c1-2-27-19(26)15-4-6-18(23-22-15)24-9-7-20(8-10-24)12-16(25)14-11-13(21)3-5-17(14)28-20/h3-6,11H,2,7-10,12H2,1H3. The summed E-state index contributed by atoms with van der Waals surface area (Å²) in [5.41, 5.74) is 0.253. The molecule has 0 amide bonds. The Hall–Kier alpha value is -2.67. The van der Waals surface area contributed by atoms with Crippen molar-refractivity contribution in [3.63, 3.8) is 0 Å². The van der Waals surface area contributed by atoms with Gasteiger partial charge in [0.15, 0.2) is 17.3 Å². The van der Waals surface area contributed by atoms with Crippen LogP contribution in [0.2, 0.25) is 5.02 Å². The molecular weight excluding hydrogens is 382 g/mol. The predicted octanol–water partition coefficient (Wildman–Crippen LogP) is 3.31. The van der Waals surface area contributed by atoms with Crippen molar-refractivity contribution in [1.29, 1.82) is 0 Å². The van der Waals surface area contributed by atoms with Crippen LogP contribution in [0, 0.1) is 0 Å². The minimum atomic E-state index is -0.493. The van der Waals surface area contributed by atoms with E-state index < -0.39 is 11.6 Å². The molecule has 1 aromatic carbocycles. The van der Waals surface area contributed by atoms with E-state index in [0.29, 0.717) is 61.1 Å². The first-order chi connectivity index (χ1) is 13.5. The van der Waals surface area contributed by atoms with Crippen LogP contribution in [0.3, 0.4) is 0 Å². The van der Waals surface area contributed by atoms with Crippen molar-refractivity contribution in [1.82, 2.24) is 10.2 Å². The Labute approximate surface area is 167 Å². The Bertz CT molecular complexity index is 908. The minimum Gasteiger partial charge on any atom is -0.486 e. The molecular formula is C20H20ClN3O4. The van der Waals surface area contributed by atoms with Crippen molar-refractivity contribution < 1.29 is 19.1 Å². The molecule has 1 saturated heterocycles. The number of ether oxygens (including phenoxy) is 2. The van der Waals surface area contributed by atoms with Crippen LogP contribution in [0.4, 0.5) is 5.82 Å². The van der Waals surface area contributed by atoms with Crippen molar-refractivity contribution in [2.24, 2.45) is 0 Å². The van der Waals surface area contributed by atoms with E-state index in [0.717, 1.165) is 0 Å². The van der Waals surface area contributed by atoms with Gasteiger partial charge in [-0.25, -0.2) is 4.79 Å². The molecule has 2 aliphatic rings. The van der Waals surface area contributed by atoms with Crippen molar-refractivity contribution in [2.45, 2.75) is 31.8 Å². The molecule has 1 aromatic heterocycles. The minimum absolute atomic E-state index is 0.0655. The third kappa shape index (κ3) is 3.54. The van der Waals surface area contributed by atoms with Crippen molar-refractivity contribution in [2.75, 3.05) is 24.6 Å². The summed E-state index contributed by atoms with van der Waals surface area (Å²) < 4.78 is 11.2. The second kappa shape index (κ2) is 7.39. The first kappa shape index (κ1) is 18.7. The lowest BCUT2D eigenvalue weighted by molar-refractivity contribution is 0.0231. The van der Waals surface area contributed by atoms with Crippen LogP contribution in [-0.2, 0) is 4.74 Å². The van der Waals surface area contributed by atoms with Crippen LogP contribution >= 0.6 is 11.6 Å². The highest BCUT2D eigenvalue weighted by Crippen LogP contribution is 2.40. The molecule has 146 valence electrons. The summed E-state index contributed by atoms with van der Waals surface area (Å²) in [4.78, 5) is 26.4. The Morgan fingerprint density at radius 1 is 1.25 bits per heavy atom. The molecule has 0 saturated carbocycles. The van der Waals surface area contributed by atoms with Gasteiger partial charge in [0.05, 0.1) is 18.6 Å². The van der Waals surface area contributed by atoms with Gasteiger partial charge in [0.2, 0.25) is 0 Å². The molecule has 0 radical (unpaired) electrons. The van der Waals surface area contributed by atoms with Crippen molar-refractivity contribution in [3.8, 4) is 5.75 Å². The number of rotatable bonds is 3. The third-order valence-electron chi connectivity index (χ3n) is 5.18. The average Bonchev–Trinajstić information content (AvgIpc) is 2.70. The number of ketones is 1. The molecule has 0 N–H and O–H groups in total. The van der Waals surface area contributed by atoms with Gasteiger partial charge >= 0.3 is 5.97 Å². The number of nitrogens with zero attached hydrogens (tertiary/aromatic N) is 3. The summed E-state index contributed by atoms with van der Waals surface area (Å²) in [6.07, 6.45) is 1.74. The van der Waals surface area contributed by atoms with E-state index in [-0.39, 0.29) is 11.5 Å². The number of aromatic nitrogens is 2. The largest absolute Gasteiger partial charge is 0.486 e. The van der Waals surface area contributed by atoms with Crippen molar-refractivity contribution in [3.05, 3.63) is 46.6 Å². The summed E-state index contributed by atoms with van der Waals surface area (Å²) in [5.74, 6) is 0.882. The van der Waals surface area contributed by atoms with E-state index >= 15 is 0 Å². The summed E-state index contributed by atoms with van der Waals surface area (Å²) in [5, 5.41) is 8.65. The fraction of sp³-hybridized carbons (Fsp3) is 0.400. The van der Waals surface area contributed by atoms with E-state index in [4.69, 9.17) is 21.1 Å². The molecule has 2 aliphatic heterocycles. The van der Waals surface area contributed by atoms with Gasteiger partial charge in [0.1, 0.15) is 11.4 Å². The summed E-state index contributed by atoms with van der Waals surface area (Å²) in [6.45, 7) is 3.41. The lowest BCUT2D eigenvalue weighted by Gasteiger charge is -2.44. The fourth-order valence-corrected chi connectivity index (χ4v) is 3.87. The summed E-state index contributed by atoms with van der Waals surface area (Å²) in [7, 11) is 0. The fourth-order valence-electron chi connectivity index (χ4n) is 3.70. The number of anilines is 1. The summed E-state index contributed by atoms with van der Waals surface area (Å²) in [6, 6.07) is 8.56. The average molecular weight is 402 g/mol. The van der Waals surface area contributed by atoms with E-state index in [2.05, 4.69) is 15.1 Å². The van der Waals surface area contributed by atoms with Gasteiger partial charge in [-0.15, -0.1) is 10.2 Å². The molecule has 0 atom stereocenters. The van der Waals surface area contributed by atoms with Crippen LogP contribution in [-0.4, -0.2) is 47.2 Å². The molecule has 0 bridgehead atoms. The van der Waals surface area contributed by atoms with Crippen LogP contribution in [0.5, 0.6) is 5.75 Å². The first-order valence-corrected chi connectivity index (χ1v) is 9.65. The van der Waals surface area contributed by atoms with E-state index in [1.54, 1.807) is 37.3 Å². The maximum Gasteiger partial charge on any atom is 0.358 e. The zero-order valence-electron chi connectivity index (χ0n) is 15.5. The zero-order valence-corrected chi connectivity index (χ0v) is 16.2. The van der Waals surface area contributed by atoms with Gasteiger partial charge in [0, 0.05) is 31.0 Å². The molecule has 3 heterocycles. The number of fused-ring (bicyclic) bond motifs is 1. The van der Waals surface area contributed by atoms with Gasteiger partial charge in [-0.3, -0.25) is 4.79 Å². The predicted molar refractivity (Wildman–Crippen MR) is 103 cm³/mol. The topological polar surface area (TPSA) is 81.6 Å². The van der Waals surface area contributed by atoms with Gasteiger partial charge in [-0.2, -0.15) is 0 Å². The number of benzene rings is 1. The second-order valence-corrected chi connectivity index (χ2v) is 7.45. The molecule has 7 nitrogen and oxygen atoms in total. The lowest BCUT2D eigenvalue weighted by Crippen LogP contribution is -2.51. The highest BCUT2D eigenvalue weighted by Gasteiger charge is 2.43. The molecule has 8 heteroatoms. The zero-order chi connectivity index (χ0) is 19.7. The molecule has 0 unspecified atom stereocenters.